The van der Waals surface area contributed by atoms with E-state index in [1.165, 1.54) is 5.71 Å². The van der Waals surface area contributed by atoms with Gasteiger partial charge in [0.15, 0.2) is 0 Å². The van der Waals surface area contributed by atoms with Gasteiger partial charge in [-0.05, 0) is 12.8 Å². The molecular formula is C8H14N2. The van der Waals surface area contributed by atoms with E-state index in [1.54, 1.807) is 0 Å². The Hall–Kier alpha value is -0.660. The minimum absolute atomic E-state index is 0.588. The first kappa shape index (κ1) is 7.45. The van der Waals surface area contributed by atoms with Gasteiger partial charge in [0.1, 0.15) is 5.84 Å². The molecule has 0 aromatic rings. The lowest BCUT2D eigenvalue weighted by Crippen LogP contribution is -2.15. The first-order chi connectivity index (χ1) is 4.70. The summed E-state index contributed by atoms with van der Waals surface area (Å²) in [5.74, 6) is 1.53. The van der Waals surface area contributed by atoms with E-state index in [-0.39, 0.29) is 0 Å². The van der Waals surface area contributed by atoms with Crippen molar-refractivity contribution in [3.05, 3.63) is 0 Å². The summed E-state index contributed by atoms with van der Waals surface area (Å²) in [4.78, 5) is 8.54. The van der Waals surface area contributed by atoms with Crippen LogP contribution in [-0.4, -0.2) is 18.1 Å². The van der Waals surface area contributed by atoms with Crippen molar-refractivity contribution in [1.29, 1.82) is 0 Å². The molecule has 1 aliphatic rings. The highest BCUT2D eigenvalue weighted by molar-refractivity contribution is 5.99. The zero-order valence-electron chi connectivity index (χ0n) is 6.89. The van der Waals surface area contributed by atoms with Gasteiger partial charge in [0.2, 0.25) is 0 Å². The van der Waals surface area contributed by atoms with Gasteiger partial charge in [-0.1, -0.05) is 13.8 Å². The second-order valence-corrected chi connectivity index (χ2v) is 2.94. The third kappa shape index (κ3) is 1.66. The van der Waals surface area contributed by atoms with E-state index in [0.29, 0.717) is 5.92 Å². The Morgan fingerprint density at radius 3 is 2.50 bits per heavy atom. The summed E-state index contributed by atoms with van der Waals surface area (Å²) in [6.07, 6.45) is 1.05. The topological polar surface area (TPSA) is 24.7 Å². The molecule has 0 bridgehead atoms. The molecule has 0 saturated heterocycles. The molecule has 0 N–H and O–H groups in total. The molecule has 0 saturated carbocycles. The normalized spacial score (nSPS) is 18.8. The maximum atomic E-state index is 4.35. The van der Waals surface area contributed by atoms with Gasteiger partial charge < -0.3 is 0 Å². The van der Waals surface area contributed by atoms with Crippen molar-refractivity contribution < 1.29 is 0 Å². The standard InChI is InChI=1S/C8H14N2/c1-6(2)8-4-5-9-7(3)10-8/h6H,4-5H2,1-3H3. The molecule has 0 aromatic heterocycles. The van der Waals surface area contributed by atoms with Gasteiger partial charge in [-0.2, -0.15) is 0 Å². The summed E-state index contributed by atoms with van der Waals surface area (Å²) in [6.45, 7) is 7.25. The van der Waals surface area contributed by atoms with Crippen LogP contribution in [-0.2, 0) is 0 Å². The molecule has 1 heterocycles. The first-order valence-corrected chi connectivity index (χ1v) is 3.78. The van der Waals surface area contributed by atoms with Crippen LogP contribution in [0.5, 0.6) is 0 Å². The summed E-state index contributed by atoms with van der Waals surface area (Å²) in [7, 11) is 0. The van der Waals surface area contributed by atoms with E-state index < -0.39 is 0 Å². The Bertz CT molecular complexity index is 178. The average Bonchev–Trinajstić information content (AvgIpc) is 1.88. The van der Waals surface area contributed by atoms with Crippen LogP contribution < -0.4 is 0 Å². The van der Waals surface area contributed by atoms with Crippen LogP contribution in [0.1, 0.15) is 27.2 Å². The van der Waals surface area contributed by atoms with Crippen LogP contribution in [0.25, 0.3) is 0 Å². The minimum atomic E-state index is 0.588. The number of amidine groups is 1. The lowest BCUT2D eigenvalue weighted by atomic mass is 10.0. The Balaban J connectivity index is 2.69. The van der Waals surface area contributed by atoms with Gasteiger partial charge in [-0.25, -0.2) is 4.99 Å². The van der Waals surface area contributed by atoms with Crippen molar-refractivity contribution in [1.82, 2.24) is 0 Å². The second-order valence-electron chi connectivity index (χ2n) is 2.94. The van der Waals surface area contributed by atoms with Gasteiger partial charge in [0, 0.05) is 18.7 Å². The van der Waals surface area contributed by atoms with Crippen LogP contribution in [0.3, 0.4) is 0 Å². The number of aliphatic imine (C=N–C) groups is 2. The van der Waals surface area contributed by atoms with E-state index in [4.69, 9.17) is 0 Å². The molecule has 56 valence electrons. The van der Waals surface area contributed by atoms with Crippen molar-refractivity contribution in [3.8, 4) is 0 Å². The summed E-state index contributed by atoms with van der Waals surface area (Å²) >= 11 is 0. The SMILES string of the molecule is CC1=NCCC(C(C)C)=N1. The zero-order valence-corrected chi connectivity index (χ0v) is 6.89. The highest BCUT2D eigenvalue weighted by atomic mass is 14.9. The Kier molecular flexibility index (Phi) is 2.20. The van der Waals surface area contributed by atoms with Gasteiger partial charge in [0.05, 0.1) is 0 Å². The molecule has 1 aliphatic heterocycles. The zero-order chi connectivity index (χ0) is 7.56. The van der Waals surface area contributed by atoms with Crippen molar-refractivity contribution in [2.75, 3.05) is 6.54 Å². The van der Waals surface area contributed by atoms with Crippen LogP contribution in [0.15, 0.2) is 9.98 Å². The minimum Gasteiger partial charge on any atom is -0.270 e. The maximum absolute atomic E-state index is 4.35. The smallest absolute Gasteiger partial charge is 0.120 e. The third-order valence-corrected chi connectivity index (χ3v) is 1.68. The summed E-state index contributed by atoms with van der Waals surface area (Å²) in [5.41, 5.74) is 1.30. The van der Waals surface area contributed by atoms with E-state index in [9.17, 15) is 0 Å². The van der Waals surface area contributed by atoms with Gasteiger partial charge >= 0.3 is 0 Å². The fourth-order valence-corrected chi connectivity index (χ4v) is 1.05. The summed E-state index contributed by atoms with van der Waals surface area (Å²) in [5, 5.41) is 0. The Morgan fingerprint density at radius 1 is 1.40 bits per heavy atom. The third-order valence-electron chi connectivity index (χ3n) is 1.68. The predicted molar refractivity (Wildman–Crippen MR) is 44.9 cm³/mol. The van der Waals surface area contributed by atoms with E-state index in [2.05, 4.69) is 23.8 Å². The monoisotopic (exact) mass is 138 g/mol. The Labute approximate surface area is 62.1 Å². The lowest BCUT2D eigenvalue weighted by Gasteiger charge is -2.12. The fraction of sp³-hybridized carbons (Fsp3) is 0.750. The molecule has 0 aliphatic carbocycles. The molecule has 0 fully saturated rings. The highest BCUT2D eigenvalue weighted by Crippen LogP contribution is 2.06. The molecule has 0 amide bonds. The number of hydrogen-bond donors (Lipinski definition) is 0. The molecule has 10 heavy (non-hydrogen) atoms. The number of hydrogen-bond acceptors (Lipinski definition) is 2. The molecular weight excluding hydrogens is 124 g/mol. The quantitative estimate of drug-likeness (QED) is 0.528. The summed E-state index contributed by atoms with van der Waals surface area (Å²) < 4.78 is 0. The van der Waals surface area contributed by atoms with Crippen LogP contribution in [0, 0.1) is 5.92 Å². The molecule has 0 atom stereocenters. The van der Waals surface area contributed by atoms with E-state index in [1.807, 2.05) is 6.92 Å². The second kappa shape index (κ2) is 2.95. The van der Waals surface area contributed by atoms with Crippen molar-refractivity contribution >= 4 is 11.5 Å². The van der Waals surface area contributed by atoms with Gasteiger partial charge in [-0.15, -0.1) is 0 Å². The van der Waals surface area contributed by atoms with Crippen LogP contribution in [0.2, 0.25) is 0 Å². The van der Waals surface area contributed by atoms with Crippen molar-refractivity contribution in [3.63, 3.8) is 0 Å². The van der Waals surface area contributed by atoms with Crippen molar-refractivity contribution in [2.45, 2.75) is 27.2 Å². The molecule has 1 rings (SSSR count). The highest BCUT2D eigenvalue weighted by Gasteiger charge is 2.08. The molecule has 2 heteroatoms. The van der Waals surface area contributed by atoms with Gasteiger partial charge in [0.25, 0.3) is 0 Å². The lowest BCUT2D eigenvalue weighted by molar-refractivity contribution is 0.832. The Morgan fingerprint density at radius 2 is 2.10 bits per heavy atom. The molecule has 0 spiro atoms. The van der Waals surface area contributed by atoms with E-state index in [0.717, 1.165) is 18.8 Å². The molecule has 0 radical (unpaired) electrons. The van der Waals surface area contributed by atoms with Crippen LogP contribution in [0.4, 0.5) is 0 Å². The van der Waals surface area contributed by atoms with Gasteiger partial charge in [-0.3, -0.25) is 4.99 Å². The number of nitrogens with zero attached hydrogens (tertiary/aromatic N) is 2. The largest absolute Gasteiger partial charge is 0.270 e. The molecule has 2 nitrogen and oxygen atoms in total. The molecule has 0 unspecified atom stereocenters. The first-order valence-electron chi connectivity index (χ1n) is 3.78. The van der Waals surface area contributed by atoms with Crippen molar-refractivity contribution in [2.24, 2.45) is 15.9 Å². The average molecular weight is 138 g/mol. The number of rotatable bonds is 1. The maximum Gasteiger partial charge on any atom is 0.120 e. The van der Waals surface area contributed by atoms with E-state index >= 15 is 0 Å². The molecule has 0 aromatic carbocycles. The fourth-order valence-electron chi connectivity index (χ4n) is 1.05. The summed E-state index contributed by atoms with van der Waals surface area (Å²) in [6, 6.07) is 0. The predicted octanol–water partition coefficient (Wildman–Crippen LogP) is 1.91. The van der Waals surface area contributed by atoms with Crippen LogP contribution >= 0.6 is 0 Å².